The van der Waals surface area contributed by atoms with Gasteiger partial charge in [-0.3, -0.25) is 4.39 Å². The van der Waals surface area contributed by atoms with E-state index in [1.807, 2.05) is 12.1 Å². The van der Waals surface area contributed by atoms with Crippen molar-refractivity contribution in [2.45, 2.75) is 6.42 Å². The van der Waals surface area contributed by atoms with Crippen molar-refractivity contribution < 1.29 is 4.39 Å². The second kappa shape index (κ2) is 3.82. The lowest BCUT2D eigenvalue weighted by Gasteiger charge is -2.16. The first-order valence-corrected chi connectivity index (χ1v) is 4.82. The normalized spacial score (nSPS) is 21.5. The summed E-state index contributed by atoms with van der Waals surface area (Å²) in [6.45, 7) is 1.43. The molecule has 1 aromatic rings. The Balaban J connectivity index is 2.06. The Kier molecular flexibility index (Phi) is 2.52. The lowest BCUT2D eigenvalue weighted by atomic mass is 10.1. The van der Waals surface area contributed by atoms with Crippen molar-refractivity contribution in [3.05, 3.63) is 18.3 Å². The van der Waals surface area contributed by atoms with Gasteiger partial charge in [0.05, 0.1) is 18.6 Å². The summed E-state index contributed by atoms with van der Waals surface area (Å²) in [7, 11) is 0. The molecule has 1 aliphatic heterocycles. The number of rotatable bonds is 2. The van der Waals surface area contributed by atoms with Crippen LogP contribution in [0.5, 0.6) is 0 Å². The number of alkyl halides is 1. The SMILES string of the molecule is Nc1ccc(N2CC[C@H](CF)C2)nc1. The molecule has 1 aliphatic rings. The van der Waals surface area contributed by atoms with Crippen LogP contribution >= 0.6 is 0 Å². The van der Waals surface area contributed by atoms with E-state index in [0.717, 1.165) is 25.3 Å². The minimum Gasteiger partial charge on any atom is -0.397 e. The average molecular weight is 195 g/mol. The molecule has 14 heavy (non-hydrogen) atoms. The fraction of sp³-hybridized carbons (Fsp3) is 0.500. The van der Waals surface area contributed by atoms with Crippen LogP contribution in [0.25, 0.3) is 0 Å². The number of nitrogens with two attached hydrogens (primary N) is 1. The Bertz CT molecular complexity index is 299. The summed E-state index contributed by atoms with van der Waals surface area (Å²) in [6.07, 6.45) is 2.56. The summed E-state index contributed by atoms with van der Waals surface area (Å²) in [6, 6.07) is 3.71. The van der Waals surface area contributed by atoms with Crippen molar-refractivity contribution in [1.29, 1.82) is 0 Å². The predicted molar refractivity (Wildman–Crippen MR) is 54.9 cm³/mol. The van der Waals surface area contributed by atoms with Crippen LogP contribution < -0.4 is 10.6 Å². The Hall–Kier alpha value is -1.32. The number of nitrogens with zero attached hydrogens (tertiary/aromatic N) is 2. The van der Waals surface area contributed by atoms with Gasteiger partial charge in [-0.1, -0.05) is 0 Å². The molecule has 0 aromatic carbocycles. The lowest BCUT2D eigenvalue weighted by Crippen LogP contribution is -2.21. The van der Waals surface area contributed by atoms with Crippen LogP contribution in [0.15, 0.2) is 18.3 Å². The Labute approximate surface area is 82.7 Å². The van der Waals surface area contributed by atoms with E-state index in [4.69, 9.17) is 5.73 Å². The van der Waals surface area contributed by atoms with Gasteiger partial charge < -0.3 is 10.6 Å². The highest BCUT2D eigenvalue weighted by atomic mass is 19.1. The van der Waals surface area contributed by atoms with Gasteiger partial charge in [0, 0.05) is 19.0 Å². The molecule has 0 saturated carbocycles. The first kappa shape index (κ1) is 9.24. The number of anilines is 2. The van der Waals surface area contributed by atoms with Gasteiger partial charge in [-0.05, 0) is 18.6 Å². The third kappa shape index (κ3) is 1.78. The summed E-state index contributed by atoms with van der Waals surface area (Å²) in [4.78, 5) is 6.31. The Morgan fingerprint density at radius 1 is 1.57 bits per heavy atom. The zero-order valence-corrected chi connectivity index (χ0v) is 7.99. The van der Waals surface area contributed by atoms with Gasteiger partial charge in [0.1, 0.15) is 5.82 Å². The molecule has 1 atom stereocenters. The van der Waals surface area contributed by atoms with Gasteiger partial charge >= 0.3 is 0 Å². The molecule has 0 spiro atoms. The maximum Gasteiger partial charge on any atom is 0.128 e. The zero-order valence-electron chi connectivity index (χ0n) is 7.99. The number of aromatic nitrogens is 1. The van der Waals surface area contributed by atoms with Gasteiger partial charge in [-0.2, -0.15) is 0 Å². The van der Waals surface area contributed by atoms with Crippen molar-refractivity contribution >= 4 is 11.5 Å². The molecule has 2 heterocycles. The molecule has 1 aromatic heterocycles. The van der Waals surface area contributed by atoms with Crippen molar-refractivity contribution in [3.63, 3.8) is 0 Å². The van der Waals surface area contributed by atoms with Gasteiger partial charge in [0.15, 0.2) is 0 Å². The molecule has 2 rings (SSSR count). The van der Waals surface area contributed by atoms with Crippen LogP contribution in [0.2, 0.25) is 0 Å². The lowest BCUT2D eigenvalue weighted by molar-refractivity contribution is 0.384. The second-order valence-electron chi connectivity index (χ2n) is 3.70. The summed E-state index contributed by atoms with van der Waals surface area (Å²) >= 11 is 0. The van der Waals surface area contributed by atoms with Crippen LogP contribution in [0, 0.1) is 5.92 Å². The molecule has 0 aliphatic carbocycles. The van der Waals surface area contributed by atoms with E-state index in [9.17, 15) is 4.39 Å². The molecular weight excluding hydrogens is 181 g/mol. The van der Waals surface area contributed by atoms with E-state index < -0.39 is 0 Å². The summed E-state index contributed by atoms with van der Waals surface area (Å²) in [5, 5.41) is 0. The monoisotopic (exact) mass is 195 g/mol. The molecule has 0 bridgehead atoms. The fourth-order valence-electron chi connectivity index (χ4n) is 1.75. The van der Waals surface area contributed by atoms with Gasteiger partial charge in [-0.15, -0.1) is 0 Å². The minimum absolute atomic E-state index is 0.175. The van der Waals surface area contributed by atoms with E-state index in [1.54, 1.807) is 6.20 Å². The number of pyridine rings is 1. The molecular formula is C10H14FN3. The number of hydrogen-bond donors (Lipinski definition) is 1. The van der Waals surface area contributed by atoms with E-state index >= 15 is 0 Å². The highest BCUT2D eigenvalue weighted by molar-refractivity contribution is 5.46. The second-order valence-corrected chi connectivity index (χ2v) is 3.70. The Morgan fingerprint density at radius 2 is 2.43 bits per heavy atom. The Morgan fingerprint density at radius 3 is 3.00 bits per heavy atom. The zero-order chi connectivity index (χ0) is 9.97. The fourth-order valence-corrected chi connectivity index (χ4v) is 1.75. The largest absolute Gasteiger partial charge is 0.397 e. The van der Waals surface area contributed by atoms with Gasteiger partial charge in [0.2, 0.25) is 0 Å². The van der Waals surface area contributed by atoms with Crippen molar-refractivity contribution in [1.82, 2.24) is 4.98 Å². The van der Waals surface area contributed by atoms with Gasteiger partial charge in [-0.25, -0.2) is 4.98 Å². The van der Waals surface area contributed by atoms with Gasteiger partial charge in [0.25, 0.3) is 0 Å². The van der Waals surface area contributed by atoms with Crippen LogP contribution in [0.3, 0.4) is 0 Å². The molecule has 2 N–H and O–H groups in total. The van der Waals surface area contributed by atoms with E-state index in [1.165, 1.54) is 0 Å². The van der Waals surface area contributed by atoms with E-state index in [2.05, 4.69) is 9.88 Å². The van der Waals surface area contributed by atoms with E-state index in [0.29, 0.717) is 5.69 Å². The maximum atomic E-state index is 12.4. The predicted octanol–water partition coefficient (Wildman–Crippen LogP) is 1.46. The quantitative estimate of drug-likeness (QED) is 0.776. The smallest absolute Gasteiger partial charge is 0.128 e. The third-order valence-electron chi connectivity index (χ3n) is 2.60. The number of nitrogen functional groups attached to an aromatic ring is 1. The van der Waals surface area contributed by atoms with Crippen molar-refractivity contribution in [3.8, 4) is 0 Å². The van der Waals surface area contributed by atoms with Crippen molar-refractivity contribution in [2.24, 2.45) is 5.92 Å². The first-order valence-electron chi connectivity index (χ1n) is 4.82. The molecule has 4 heteroatoms. The minimum atomic E-state index is -0.231. The molecule has 1 fully saturated rings. The molecule has 0 amide bonds. The molecule has 76 valence electrons. The summed E-state index contributed by atoms with van der Waals surface area (Å²) in [5.74, 6) is 1.07. The summed E-state index contributed by atoms with van der Waals surface area (Å²) in [5.41, 5.74) is 6.20. The molecule has 0 radical (unpaired) electrons. The first-order chi connectivity index (χ1) is 6.79. The highest BCUT2D eigenvalue weighted by Gasteiger charge is 2.22. The third-order valence-corrected chi connectivity index (χ3v) is 2.60. The van der Waals surface area contributed by atoms with Crippen LogP contribution in [-0.4, -0.2) is 24.7 Å². The van der Waals surface area contributed by atoms with Crippen molar-refractivity contribution in [2.75, 3.05) is 30.4 Å². The number of halogens is 1. The highest BCUT2D eigenvalue weighted by Crippen LogP contribution is 2.22. The van der Waals surface area contributed by atoms with E-state index in [-0.39, 0.29) is 12.6 Å². The van der Waals surface area contributed by atoms with Crippen LogP contribution in [0.1, 0.15) is 6.42 Å². The van der Waals surface area contributed by atoms with Crippen LogP contribution in [-0.2, 0) is 0 Å². The maximum absolute atomic E-state index is 12.4. The molecule has 3 nitrogen and oxygen atoms in total. The average Bonchev–Trinajstić information content (AvgIpc) is 2.67. The van der Waals surface area contributed by atoms with Crippen LogP contribution in [0.4, 0.5) is 15.9 Å². The molecule has 0 unspecified atom stereocenters. The molecule has 1 saturated heterocycles. The number of hydrogen-bond acceptors (Lipinski definition) is 3. The summed E-state index contributed by atoms with van der Waals surface area (Å²) < 4.78 is 12.4. The topological polar surface area (TPSA) is 42.1 Å². The standard InChI is InChI=1S/C10H14FN3/c11-5-8-3-4-14(7-8)10-2-1-9(12)6-13-10/h1-2,6,8H,3-5,7,12H2/t8-/m1/s1.